The number of likely N-dealkylation sites (tertiary alicyclic amines) is 1. The monoisotopic (exact) mass is 643 g/mol. The molecule has 1 saturated heterocycles. The maximum atomic E-state index is 14.9. The highest BCUT2D eigenvalue weighted by Crippen LogP contribution is 2.42. The lowest BCUT2D eigenvalue weighted by Gasteiger charge is -2.39. The van der Waals surface area contributed by atoms with Crippen molar-refractivity contribution in [3.63, 3.8) is 0 Å². The van der Waals surface area contributed by atoms with Gasteiger partial charge in [0.2, 0.25) is 5.91 Å². The van der Waals surface area contributed by atoms with E-state index in [4.69, 9.17) is 21.1 Å². The van der Waals surface area contributed by atoms with Crippen LogP contribution in [0.3, 0.4) is 0 Å². The quantitative estimate of drug-likeness (QED) is 0.221. The average molecular weight is 644 g/mol. The van der Waals surface area contributed by atoms with Crippen LogP contribution in [0.15, 0.2) is 36.9 Å². The highest BCUT2D eigenvalue weighted by Gasteiger charge is 2.42. The molecule has 2 fully saturated rings. The van der Waals surface area contributed by atoms with E-state index in [0.717, 1.165) is 42.5 Å². The molecule has 2 aromatic carbocycles. The first kappa shape index (κ1) is 32.7. The molecule has 3 aliphatic rings. The van der Waals surface area contributed by atoms with E-state index in [2.05, 4.69) is 17.8 Å². The van der Waals surface area contributed by atoms with Crippen molar-refractivity contribution < 1.29 is 23.4 Å². The van der Waals surface area contributed by atoms with Gasteiger partial charge in [0.15, 0.2) is 0 Å². The number of likely N-dealkylation sites (N-methyl/N-ethyl adjacent to an activating group) is 2. The van der Waals surface area contributed by atoms with Crippen LogP contribution in [-0.4, -0.2) is 81.8 Å². The molecule has 1 aromatic heterocycles. The van der Waals surface area contributed by atoms with Crippen LogP contribution in [0.5, 0.6) is 11.8 Å². The second-order valence-electron chi connectivity index (χ2n) is 13.8. The summed E-state index contributed by atoms with van der Waals surface area (Å²) in [4.78, 5) is 26.2. The van der Waals surface area contributed by atoms with Gasteiger partial charge in [0, 0.05) is 37.5 Å². The number of carbonyl (C=O) groups excluding carboxylic acids is 1. The number of nitrogens with one attached hydrogen (secondary N) is 1. The lowest BCUT2D eigenvalue weighted by Crippen LogP contribution is -2.51. The third-order valence-corrected chi connectivity index (χ3v) is 10.8. The maximum Gasteiger partial charge on any atom is 0.318 e. The summed E-state index contributed by atoms with van der Waals surface area (Å²) in [6, 6.07) is 6.43. The number of halogens is 2. The number of amides is 1. The van der Waals surface area contributed by atoms with Crippen molar-refractivity contribution in [1.29, 1.82) is 0 Å². The molecular weight excluding hydrogens is 600 g/mol. The minimum absolute atomic E-state index is 0.0853. The van der Waals surface area contributed by atoms with E-state index < -0.39 is 17.5 Å². The first-order valence-corrected chi connectivity index (χ1v) is 16.4. The molecular formula is C37H43F2N5O3. The molecule has 248 valence electrons. The average Bonchev–Trinajstić information content (AvgIpc) is 3.64. The van der Waals surface area contributed by atoms with Crippen LogP contribution in [0.1, 0.15) is 73.8 Å². The van der Waals surface area contributed by atoms with Crippen molar-refractivity contribution in [2.75, 3.05) is 39.1 Å². The minimum Gasteiger partial charge on any atom is -0.508 e. The van der Waals surface area contributed by atoms with Gasteiger partial charge < -0.3 is 20.1 Å². The first-order chi connectivity index (χ1) is 22.5. The Kier molecular flexibility index (Phi) is 8.88. The number of fused-ring (bicyclic) bond motifs is 2. The predicted octanol–water partition coefficient (Wildman–Crippen LogP) is 5.91. The molecule has 8 nitrogen and oxygen atoms in total. The number of anilines is 1. The van der Waals surface area contributed by atoms with Crippen LogP contribution in [-0.2, 0) is 17.6 Å². The van der Waals surface area contributed by atoms with Crippen molar-refractivity contribution in [3.8, 4) is 24.1 Å². The SMILES string of the molecule is C#Cc1c(F)ccc2cc(O)cc([C@H]3CCc4c(nc(OC[C@]5(C)C[C@@H](F)CN5C)nc4NCC4(N(C)C(=O)C=C)CCCC4)C3)c12. The van der Waals surface area contributed by atoms with Crippen LogP contribution < -0.4 is 10.1 Å². The summed E-state index contributed by atoms with van der Waals surface area (Å²) in [5.74, 6) is 2.55. The third-order valence-electron chi connectivity index (χ3n) is 10.8. The summed E-state index contributed by atoms with van der Waals surface area (Å²) in [6.07, 6.45) is 12.1. The number of ether oxygens (including phenoxy) is 1. The Labute approximate surface area is 275 Å². The molecule has 47 heavy (non-hydrogen) atoms. The van der Waals surface area contributed by atoms with Crippen molar-refractivity contribution in [1.82, 2.24) is 19.8 Å². The van der Waals surface area contributed by atoms with Crippen molar-refractivity contribution >= 4 is 22.5 Å². The molecule has 10 heteroatoms. The van der Waals surface area contributed by atoms with Crippen LogP contribution in [0.25, 0.3) is 10.8 Å². The van der Waals surface area contributed by atoms with Crippen molar-refractivity contribution in [2.24, 2.45) is 0 Å². The number of aromatic hydroxyl groups is 1. The van der Waals surface area contributed by atoms with E-state index in [9.17, 15) is 18.7 Å². The second-order valence-corrected chi connectivity index (χ2v) is 13.8. The molecule has 3 aromatic rings. The number of carbonyl (C=O) groups is 1. The topological polar surface area (TPSA) is 90.8 Å². The van der Waals surface area contributed by atoms with Crippen LogP contribution in [0, 0.1) is 18.2 Å². The van der Waals surface area contributed by atoms with Gasteiger partial charge in [-0.1, -0.05) is 31.4 Å². The van der Waals surface area contributed by atoms with Gasteiger partial charge in [-0.05, 0) is 87.2 Å². The molecule has 2 N–H and O–H groups in total. The van der Waals surface area contributed by atoms with Gasteiger partial charge in [-0.25, -0.2) is 8.78 Å². The fourth-order valence-electron chi connectivity index (χ4n) is 7.88. The van der Waals surface area contributed by atoms with E-state index >= 15 is 0 Å². The Morgan fingerprint density at radius 2 is 2.09 bits per heavy atom. The summed E-state index contributed by atoms with van der Waals surface area (Å²) in [6.45, 7) is 6.73. The number of alkyl halides is 1. The Hall–Kier alpha value is -4.23. The van der Waals surface area contributed by atoms with Crippen LogP contribution in [0.2, 0.25) is 0 Å². The number of aromatic nitrogens is 2. The summed E-state index contributed by atoms with van der Waals surface area (Å²) in [7, 11) is 3.72. The lowest BCUT2D eigenvalue weighted by atomic mass is 9.79. The highest BCUT2D eigenvalue weighted by atomic mass is 19.1. The largest absolute Gasteiger partial charge is 0.508 e. The van der Waals surface area contributed by atoms with Gasteiger partial charge in [0.25, 0.3) is 0 Å². The van der Waals surface area contributed by atoms with E-state index in [-0.39, 0.29) is 41.3 Å². The molecule has 2 heterocycles. The number of rotatable bonds is 9. The molecule has 3 atom stereocenters. The van der Waals surface area contributed by atoms with E-state index in [1.165, 1.54) is 12.1 Å². The van der Waals surface area contributed by atoms with Gasteiger partial charge >= 0.3 is 6.01 Å². The van der Waals surface area contributed by atoms with Gasteiger partial charge in [-0.2, -0.15) is 9.97 Å². The van der Waals surface area contributed by atoms with E-state index in [0.29, 0.717) is 55.4 Å². The zero-order chi connectivity index (χ0) is 33.5. The summed E-state index contributed by atoms with van der Waals surface area (Å²) in [5.41, 5.74) is 1.81. The summed E-state index contributed by atoms with van der Waals surface area (Å²) < 4.78 is 35.4. The number of hydrogen-bond acceptors (Lipinski definition) is 7. The third kappa shape index (κ3) is 6.14. The zero-order valence-corrected chi connectivity index (χ0v) is 27.4. The molecule has 0 radical (unpaired) electrons. The van der Waals surface area contributed by atoms with Crippen molar-refractivity contribution in [3.05, 3.63) is 65.1 Å². The molecule has 1 aliphatic heterocycles. The Morgan fingerprint density at radius 3 is 2.77 bits per heavy atom. The smallest absolute Gasteiger partial charge is 0.318 e. The summed E-state index contributed by atoms with van der Waals surface area (Å²) >= 11 is 0. The Balaban J connectivity index is 1.36. The van der Waals surface area contributed by atoms with Gasteiger partial charge in [-0.3, -0.25) is 9.69 Å². The van der Waals surface area contributed by atoms with Gasteiger partial charge in [0.05, 0.1) is 22.3 Å². The highest BCUT2D eigenvalue weighted by molar-refractivity contribution is 5.93. The predicted molar refractivity (Wildman–Crippen MR) is 179 cm³/mol. The number of benzene rings is 2. The van der Waals surface area contributed by atoms with E-state index in [1.54, 1.807) is 23.1 Å². The van der Waals surface area contributed by atoms with Crippen molar-refractivity contribution in [2.45, 2.75) is 81.5 Å². The van der Waals surface area contributed by atoms with Crippen LogP contribution in [0.4, 0.5) is 14.6 Å². The molecule has 2 aliphatic carbocycles. The number of nitrogens with zero attached hydrogens (tertiary/aromatic N) is 4. The number of phenolic OH excluding ortho intramolecular Hbond substituents is 1. The van der Waals surface area contributed by atoms with Gasteiger partial charge in [-0.15, -0.1) is 6.42 Å². The summed E-state index contributed by atoms with van der Waals surface area (Å²) in [5, 5.41) is 15.5. The fourth-order valence-corrected chi connectivity index (χ4v) is 7.88. The standard InChI is InChI=1S/C37H43F2N5O3/c1-6-27-30(39)13-11-24-16-26(45)18-29(33(24)27)23-10-12-28-31(17-23)41-35(47-22-36(3)19-25(38)20-43(36)4)42-34(28)40-21-37(14-8-9-15-37)44(5)32(46)7-2/h1,7,11,13,16,18,23,25,45H,2,8-10,12,14-15,17,19-22H2,3-5H3,(H,40,41,42)/t23-,25+,36-/m0/s1. The minimum atomic E-state index is -0.927. The normalized spacial score (nSPS) is 23.7. The Morgan fingerprint density at radius 1 is 1.32 bits per heavy atom. The fraction of sp³-hybridized carbons (Fsp3) is 0.486. The molecule has 6 rings (SSSR count). The number of phenols is 1. The van der Waals surface area contributed by atoms with E-state index in [1.807, 2.05) is 25.9 Å². The molecule has 0 bridgehead atoms. The number of terminal acetylenes is 1. The molecule has 1 saturated carbocycles. The Bertz CT molecular complexity index is 1750. The lowest BCUT2D eigenvalue weighted by molar-refractivity contribution is -0.129. The first-order valence-electron chi connectivity index (χ1n) is 16.4. The number of hydrogen-bond donors (Lipinski definition) is 2. The molecule has 0 spiro atoms. The van der Waals surface area contributed by atoms with Gasteiger partial charge in [0.1, 0.15) is 30.2 Å². The second kappa shape index (κ2) is 12.8. The molecule has 1 amide bonds. The van der Waals surface area contributed by atoms with Crippen LogP contribution >= 0.6 is 0 Å². The maximum absolute atomic E-state index is 14.9. The zero-order valence-electron chi connectivity index (χ0n) is 27.4. The molecule has 0 unspecified atom stereocenters.